The minimum Gasteiger partial charge on any atom is -0.494 e. The maximum absolute atomic E-state index is 13.5. The van der Waals surface area contributed by atoms with Gasteiger partial charge in [0, 0.05) is 55.9 Å². The van der Waals surface area contributed by atoms with Crippen LogP contribution in [0.3, 0.4) is 0 Å². The van der Waals surface area contributed by atoms with E-state index >= 15 is 0 Å². The third-order valence-electron chi connectivity index (χ3n) is 5.27. The van der Waals surface area contributed by atoms with Crippen LogP contribution in [0.15, 0.2) is 48.8 Å². The smallest absolute Gasteiger partial charge is 0.159 e. The third kappa shape index (κ3) is 7.71. The predicted molar refractivity (Wildman–Crippen MR) is 137 cm³/mol. The summed E-state index contributed by atoms with van der Waals surface area (Å²) in [5.74, 6) is 0.587. The quantitative estimate of drug-likeness (QED) is 0.255. The van der Waals surface area contributed by atoms with Crippen LogP contribution in [0.2, 0.25) is 5.02 Å². The summed E-state index contributed by atoms with van der Waals surface area (Å²) in [5, 5.41) is 3.88. The van der Waals surface area contributed by atoms with E-state index in [1.807, 2.05) is 26.1 Å². The summed E-state index contributed by atoms with van der Waals surface area (Å²) in [7, 11) is 3.69. The lowest BCUT2D eigenvalue weighted by Crippen LogP contribution is -2.20. The molecule has 1 aromatic heterocycles. The molecule has 0 aliphatic rings. The fourth-order valence-corrected chi connectivity index (χ4v) is 3.73. The highest BCUT2D eigenvalue weighted by Gasteiger charge is 2.14. The van der Waals surface area contributed by atoms with E-state index in [2.05, 4.69) is 20.2 Å². The van der Waals surface area contributed by atoms with Crippen LogP contribution in [0.5, 0.6) is 5.75 Å². The van der Waals surface area contributed by atoms with Gasteiger partial charge in [-0.15, -0.1) is 0 Å². The Bertz CT molecular complexity index is 1190. The van der Waals surface area contributed by atoms with Crippen molar-refractivity contribution >= 4 is 39.8 Å². The van der Waals surface area contributed by atoms with E-state index in [1.54, 1.807) is 25.3 Å². The summed E-state index contributed by atoms with van der Waals surface area (Å²) in [6.45, 7) is 4.62. The Morgan fingerprint density at radius 1 is 1.26 bits per heavy atom. The number of anilines is 2. The molecule has 1 N–H and O–H groups in total. The largest absolute Gasteiger partial charge is 0.494 e. The molecule has 7 nitrogen and oxygen atoms in total. The van der Waals surface area contributed by atoms with Gasteiger partial charge < -0.3 is 19.7 Å². The summed E-state index contributed by atoms with van der Waals surface area (Å²) in [4.78, 5) is 23.5. The lowest BCUT2D eigenvalue weighted by Gasteiger charge is -2.14. The van der Waals surface area contributed by atoms with Crippen molar-refractivity contribution in [3.8, 4) is 5.75 Å². The molecular formula is C26H30ClFN4O3. The number of aromatic nitrogens is 2. The number of carbonyl (C=O) groups is 1. The second-order valence-corrected chi connectivity index (χ2v) is 8.45. The van der Waals surface area contributed by atoms with Crippen LogP contribution in [0.4, 0.5) is 15.9 Å². The van der Waals surface area contributed by atoms with Gasteiger partial charge in [-0.3, -0.25) is 4.79 Å². The topological polar surface area (TPSA) is 76.6 Å². The van der Waals surface area contributed by atoms with Gasteiger partial charge >= 0.3 is 0 Å². The number of benzene rings is 2. The van der Waals surface area contributed by atoms with E-state index in [4.69, 9.17) is 21.1 Å². The lowest BCUT2D eigenvalue weighted by molar-refractivity contribution is -0.114. The molecule has 0 amide bonds. The highest BCUT2D eigenvalue weighted by Crippen LogP contribution is 2.31. The molecule has 0 atom stereocenters. The van der Waals surface area contributed by atoms with Gasteiger partial charge in [0.1, 0.15) is 23.7 Å². The average molecular weight is 501 g/mol. The van der Waals surface area contributed by atoms with Gasteiger partial charge in [0.15, 0.2) is 5.78 Å². The molecule has 0 bridgehead atoms. The van der Waals surface area contributed by atoms with Crippen molar-refractivity contribution in [3.05, 3.63) is 65.2 Å². The van der Waals surface area contributed by atoms with Crippen molar-refractivity contribution in [2.24, 2.45) is 0 Å². The highest BCUT2D eigenvalue weighted by atomic mass is 35.5. The van der Waals surface area contributed by atoms with E-state index in [9.17, 15) is 9.18 Å². The summed E-state index contributed by atoms with van der Waals surface area (Å²) in [5.41, 5.74) is 1.97. The molecule has 3 rings (SSSR count). The first-order valence-electron chi connectivity index (χ1n) is 11.4. The zero-order chi connectivity index (χ0) is 25.2. The molecule has 0 fully saturated rings. The van der Waals surface area contributed by atoms with Crippen molar-refractivity contribution in [1.29, 1.82) is 0 Å². The number of ketones is 1. The van der Waals surface area contributed by atoms with Gasteiger partial charge in [-0.05, 0) is 50.7 Å². The molecular weight excluding hydrogens is 471 g/mol. The Morgan fingerprint density at radius 2 is 2.09 bits per heavy atom. The van der Waals surface area contributed by atoms with Crippen molar-refractivity contribution < 1.29 is 18.7 Å². The molecule has 0 unspecified atom stereocenters. The first-order chi connectivity index (χ1) is 16.9. The van der Waals surface area contributed by atoms with Gasteiger partial charge in [-0.2, -0.15) is 0 Å². The maximum Gasteiger partial charge on any atom is 0.159 e. The monoisotopic (exact) mass is 500 g/mol. The zero-order valence-corrected chi connectivity index (χ0v) is 20.9. The number of hydrogen-bond acceptors (Lipinski definition) is 7. The number of likely N-dealkylation sites (N-methyl/N-ethyl adjacent to an activating group) is 1. The molecule has 9 heteroatoms. The number of nitrogens with one attached hydrogen (secondary N) is 1. The average Bonchev–Trinajstić information content (AvgIpc) is 2.82. The molecule has 35 heavy (non-hydrogen) atoms. The molecule has 0 aliphatic carbocycles. The Balaban J connectivity index is 1.80. The number of carbonyl (C=O) groups excluding carboxylic acids is 1. The van der Waals surface area contributed by atoms with Crippen LogP contribution in [0.25, 0.3) is 10.9 Å². The summed E-state index contributed by atoms with van der Waals surface area (Å²) < 4.78 is 24.4. The maximum atomic E-state index is 13.5. The first-order valence-corrected chi connectivity index (χ1v) is 11.8. The molecule has 0 radical (unpaired) electrons. The van der Waals surface area contributed by atoms with Gasteiger partial charge in [0.05, 0.1) is 17.1 Å². The first kappa shape index (κ1) is 26.5. The van der Waals surface area contributed by atoms with Crippen LogP contribution in [-0.2, 0) is 16.0 Å². The second kappa shape index (κ2) is 13.1. The van der Waals surface area contributed by atoms with E-state index in [-0.39, 0.29) is 17.2 Å². The van der Waals surface area contributed by atoms with E-state index < -0.39 is 5.82 Å². The second-order valence-electron chi connectivity index (χ2n) is 8.04. The molecule has 1 heterocycles. The molecule has 0 spiro atoms. The highest BCUT2D eigenvalue weighted by molar-refractivity contribution is 6.31. The number of rotatable bonds is 13. The number of hydrogen-bond donors (Lipinski definition) is 1. The Hall–Kier alpha value is -3.07. The molecule has 3 aromatic rings. The van der Waals surface area contributed by atoms with Gasteiger partial charge in [0.25, 0.3) is 0 Å². The van der Waals surface area contributed by atoms with Crippen molar-refractivity contribution in [3.63, 3.8) is 0 Å². The Kier molecular flexibility index (Phi) is 9.96. The van der Waals surface area contributed by atoms with Crippen LogP contribution >= 0.6 is 11.6 Å². The number of ether oxygens (including phenoxy) is 2. The fraction of sp³-hybridized carbons (Fsp3) is 0.346. The number of fused-ring (bicyclic) bond motifs is 1. The van der Waals surface area contributed by atoms with E-state index in [0.717, 1.165) is 18.5 Å². The summed E-state index contributed by atoms with van der Waals surface area (Å²) >= 11 is 5.91. The summed E-state index contributed by atoms with van der Waals surface area (Å²) in [6, 6.07) is 8.01. The molecule has 2 aromatic carbocycles. The molecule has 0 saturated heterocycles. The van der Waals surface area contributed by atoms with Crippen LogP contribution in [-0.4, -0.2) is 61.1 Å². The van der Waals surface area contributed by atoms with E-state index in [1.165, 1.54) is 18.5 Å². The van der Waals surface area contributed by atoms with E-state index in [0.29, 0.717) is 47.9 Å². The molecule has 186 valence electrons. The third-order valence-corrected chi connectivity index (χ3v) is 5.56. The van der Waals surface area contributed by atoms with Crippen molar-refractivity contribution in [1.82, 2.24) is 14.9 Å². The van der Waals surface area contributed by atoms with Gasteiger partial charge in [-0.1, -0.05) is 17.7 Å². The number of halogens is 2. The Labute approximate surface area is 209 Å². The lowest BCUT2D eigenvalue weighted by atomic mass is 10.0. The van der Waals surface area contributed by atoms with Crippen molar-refractivity contribution in [2.45, 2.75) is 19.8 Å². The fourth-order valence-electron chi connectivity index (χ4n) is 3.55. The van der Waals surface area contributed by atoms with Gasteiger partial charge in [-0.25, -0.2) is 14.4 Å². The van der Waals surface area contributed by atoms with Crippen molar-refractivity contribution in [2.75, 3.05) is 45.8 Å². The molecule has 0 aliphatic heterocycles. The predicted octanol–water partition coefficient (Wildman–Crippen LogP) is 5.20. The SMILES string of the molecule is CCOc1cc2ncnc(Nc3ccc(F)c(Cl)c3)c2cc1CC(=O)/C=C/CN(C)CCCOC. The normalized spacial score (nSPS) is 11.5. The van der Waals surface area contributed by atoms with Crippen LogP contribution in [0, 0.1) is 5.82 Å². The number of methoxy groups -OCH3 is 1. The Morgan fingerprint density at radius 3 is 2.83 bits per heavy atom. The number of allylic oxidation sites excluding steroid dienone is 1. The standard InChI is InChI=1S/C26H30ClFN4O3/c1-4-35-25-16-24-21(26(30-17-29-24)31-19-8-9-23(28)22(27)15-19)14-18(25)13-20(33)7-5-10-32(2)11-6-12-34-3/h5,7-9,14-17H,4,6,10-13H2,1-3H3,(H,29,30,31)/b7-5+. The minimum atomic E-state index is -0.499. The number of nitrogens with zero attached hydrogens (tertiary/aromatic N) is 3. The summed E-state index contributed by atoms with van der Waals surface area (Å²) in [6.07, 6.45) is 6.01. The van der Waals surface area contributed by atoms with Gasteiger partial charge in [0.2, 0.25) is 0 Å². The van der Waals surface area contributed by atoms with Crippen LogP contribution in [0.1, 0.15) is 18.9 Å². The zero-order valence-electron chi connectivity index (χ0n) is 20.2. The molecule has 0 saturated carbocycles. The van der Waals surface area contributed by atoms with Crippen LogP contribution < -0.4 is 10.1 Å². The minimum absolute atomic E-state index is 0.00871.